The topological polar surface area (TPSA) is 87.0 Å². The van der Waals surface area contributed by atoms with Crippen LogP contribution in [0.4, 0.5) is 0 Å². The molecule has 0 spiro atoms. The molecule has 8 saturated carbocycles. The minimum Gasteiger partial charge on any atom is -0.466 e. The van der Waals surface area contributed by atoms with Gasteiger partial charge in [0.05, 0.1) is 25.9 Å². The van der Waals surface area contributed by atoms with Crippen LogP contribution in [0.25, 0.3) is 0 Å². The quantitative estimate of drug-likeness (QED) is 0.129. The summed E-state index contributed by atoms with van der Waals surface area (Å²) < 4.78 is 4.81. The molecule has 22 atom stereocenters. The number of allylic oxidation sites excluding steroid dienone is 2. The Balaban J connectivity index is 0.000000182. The molecule has 8 rings (SSSR count). The van der Waals surface area contributed by atoms with E-state index in [1.54, 1.807) is 6.08 Å². The van der Waals surface area contributed by atoms with Gasteiger partial charge in [-0.1, -0.05) is 113 Å². The van der Waals surface area contributed by atoms with Crippen LogP contribution in [0.1, 0.15) is 172 Å². The summed E-state index contributed by atoms with van der Waals surface area (Å²) in [6.07, 6.45) is 28.3. The van der Waals surface area contributed by atoms with Gasteiger partial charge in [0.1, 0.15) is 0 Å². The number of methoxy groups -OCH3 is 1. The highest BCUT2D eigenvalue weighted by molar-refractivity contribution is 5.81. The minimum absolute atomic E-state index is 0.0972. The zero-order valence-electron chi connectivity index (χ0n) is 40.4. The van der Waals surface area contributed by atoms with Crippen molar-refractivity contribution in [1.82, 2.24) is 0 Å². The first-order valence-corrected chi connectivity index (χ1v) is 25.8. The molecule has 5 heteroatoms. The second-order valence-corrected chi connectivity index (χ2v) is 24.4. The maximum absolute atomic E-state index is 11.8. The van der Waals surface area contributed by atoms with E-state index in [9.17, 15) is 20.1 Å². The van der Waals surface area contributed by atoms with E-state index in [1.807, 2.05) is 6.08 Å². The summed E-state index contributed by atoms with van der Waals surface area (Å²) in [7, 11) is 1.44. The van der Waals surface area contributed by atoms with E-state index in [0.717, 1.165) is 36.5 Å². The van der Waals surface area contributed by atoms with E-state index in [2.05, 4.69) is 81.4 Å². The third-order valence-electron chi connectivity index (χ3n) is 22.1. The SMILES string of the molecule is CC[C@H]1[C@@H](O)[C@@H]2[C@H](CC[C@]3(C)[C@@H]([C@H](C)/C=C/C(=O)OC)CC[C@@H]23)[C@@]2(C)CC[C@@H](C)C[C@@H]12.CC[C@H]1[C@@H](O)[C@@H]2[C@H](CC[C@]3(C)[C@@H]([C@H](C)/C=C/CO)CC[C@@H]23)[C@@]2(C)CC[C@@H](C)C[C@@H]12. The van der Waals surface area contributed by atoms with Crippen molar-refractivity contribution in [3.63, 3.8) is 0 Å². The Hall–Kier alpha value is -1.17. The molecule has 0 radical (unpaired) electrons. The average Bonchev–Trinajstić information content (AvgIpc) is 3.77. The number of hydrogen-bond donors (Lipinski definition) is 3. The van der Waals surface area contributed by atoms with Crippen LogP contribution >= 0.6 is 0 Å². The van der Waals surface area contributed by atoms with Crippen LogP contribution in [0.3, 0.4) is 0 Å². The molecule has 0 saturated heterocycles. The van der Waals surface area contributed by atoms with E-state index < -0.39 is 0 Å². The lowest BCUT2D eigenvalue weighted by atomic mass is 9.41. The molecule has 8 fully saturated rings. The Morgan fingerprint density at radius 2 is 1.02 bits per heavy atom. The lowest BCUT2D eigenvalue weighted by Crippen LogP contribution is -2.61. The molecule has 0 aromatic heterocycles. The van der Waals surface area contributed by atoms with Crippen LogP contribution in [0.2, 0.25) is 0 Å². The first kappa shape index (κ1) is 46.8. The second kappa shape index (κ2) is 18.0. The number of rotatable bonds is 8. The standard InChI is InChI=1S/C28H46O3.C27H46O2/c1-7-19-23-16-17(2)12-14-28(23,5)22-13-15-27(4)20(18(3)8-11-24(29)31-6)9-10-21(27)25(22)26(19)30;1-6-19-23-16-17(2)11-13-27(23,5)22-12-14-26(4)20(18(3)8-7-15-28)9-10-21(26)24(22)25(19)29/h8,11,17-23,25-26,30H,7,9-10,12-16H2,1-6H3;7-8,17-25,28-29H,6,9-16H2,1-5H3/b11-8+;8-7+/t17-,18-,19-,20-,21+,22+,23+,25+,26-,27-,28-;17-,18-,19-,20-,21+,22+,23+,24+,25-,26-,27-/m11/s1. The predicted octanol–water partition coefficient (Wildman–Crippen LogP) is 12.3. The van der Waals surface area contributed by atoms with Crippen molar-refractivity contribution in [1.29, 1.82) is 0 Å². The van der Waals surface area contributed by atoms with Crippen molar-refractivity contribution in [2.24, 2.45) is 116 Å². The van der Waals surface area contributed by atoms with Crippen LogP contribution in [0.5, 0.6) is 0 Å². The molecule has 0 aromatic rings. The molecule has 3 N–H and O–H groups in total. The fourth-order valence-electron chi connectivity index (χ4n) is 19.0. The smallest absolute Gasteiger partial charge is 0.330 e. The molecule has 0 aromatic carbocycles. The zero-order valence-corrected chi connectivity index (χ0v) is 40.4. The third kappa shape index (κ3) is 7.68. The van der Waals surface area contributed by atoms with E-state index >= 15 is 0 Å². The number of esters is 1. The molecule has 5 nitrogen and oxygen atoms in total. The normalized spacial score (nSPS) is 51.8. The maximum atomic E-state index is 11.8. The number of fused-ring (bicyclic) bond motifs is 10. The molecule has 0 amide bonds. The van der Waals surface area contributed by atoms with E-state index in [-0.39, 0.29) is 30.2 Å². The zero-order chi connectivity index (χ0) is 43.5. The number of carbonyl (C=O) groups is 1. The largest absolute Gasteiger partial charge is 0.466 e. The van der Waals surface area contributed by atoms with Crippen molar-refractivity contribution >= 4 is 5.97 Å². The predicted molar refractivity (Wildman–Crippen MR) is 246 cm³/mol. The molecular formula is C55H92O5. The van der Waals surface area contributed by atoms with Crippen molar-refractivity contribution in [3.8, 4) is 0 Å². The minimum atomic E-state index is -0.255. The Morgan fingerprint density at radius 1 is 0.617 bits per heavy atom. The van der Waals surface area contributed by atoms with Gasteiger partial charge < -0.3 is 20.1 Å². The summed E-state index contributed by atoms with van der Waals surface area (Å²) in [6.45, 7) is 24.6. The summed E-state index contributed by atoms with van der Waals surface area (Å²) in [5.74, 6) is 9.60. The lowest BCUT2D eigenvalue weighted by Gasteiger charge is -2.65. The van der Waals surface area contributed by atoms with Gasteiger partial charge >= 0.3 is 5.97 Å². The maximum Gasteiger partial charge on any atom is 0.330 e. The fourth-order valence-corrected chi connectivity index (χ4v) is 19.0. The monoisotopic (exact) mass is 833 g/mol. The molecule has 0 bridgehead atoms. The molecular weight excluding hydrogens is 741 g/mol. The second-order valence-electron chi connectivity index (χ2n) is 24.4. The Morgan fingerprint density at radius 3 is 1.42 bits per heavy atom. The van der Waals surface area contributed by atoms with E-state index in [4.69, 9.17) is 4.74 Å². The summed E-state index contributed by atoms with van der Waals surface area (Å²) in [5, 5.41) is 32.8. The summed E-state index contributed by atoms with van der Waals surface area (Å²) in [6, 6.07) is 0. The highest BCUT2D eigenvalue weighted by Crippen LogP contribution is 2.71. The van der Waals surface area contributed by atoms with Gasteiger partial charge in [-0.3, -0.25) is 0 Å². The highest BCUT2D eigenvalue weighted by Gasteiger charge is 2.66. The Labute approximate surface area is 368 Å². The van der Waals surface area contributed by atoms with Crippen LogP contribution in [-0.2, 0) is 9.53 Å². The van der Waals surface area contributed by atoms with Crippen molar-refractivity contribution in [3.05, 3.63) is 24.3 Å². The van der Waals surface area contributed by atoms with Crippen LogP contribution in [0.15, 0.2) is 24.3 Å². The molecule has 8 aliphatic rings. The van der Waals surface area contributed by atoms with Crippen LogP contribution in [-0.4, -0.2) is 47.2 Å². The number of hydrogen-bond acceptors (Lipinski definition) is 5. The number of aliphatic hydroxyl groups excluding tert-OH is 3. The average molecular weight is 833 g/mol. The number of carbonyl (C=O) groups excluding carboxylic acids is 1. The first-order valence-electron chi connectivity index (χ1n) is 25.8. The first-order chi connectivity index (χ1) is 28.4. The van der Waals surface area contributed by atoms with Crippen molar-refractivity contribution < 1.29 is 24.9 Å². The molecule has 60 heavy (non-hydrogen) atoms. The van der Waals surface area contributed by atoms with Crippen molar-refractivity contribution in [2.45, 2.75) is 184 Å². The molecule has 0 heterocycles. The summed E-state index contributed by atoms with van der Waals surface area (Å²) in [5.41, 5.74) is 1.47. The van der Waals surface area contributed by atoms with Crippen LogP contribution in [0, 0.1) is 116 Å². The Kier molecular flexibility index (Phi) is 14.1. The van der Waals surface area contributed by atoms with Gasteiger partial charge in [-0.05, 0) is 193 Å². The van der Waals surface area contributed by atoms with Gasteiger partial charge in [0.15, 0.2) is 0 Å². The number of ether oxygens (including phenoxy) is 1. The fraction of sp³-hybridized carbons (Fsp3) is 0.909. The van der Waals surface area contributed by atoms with Gasteiger partial charge in [-0.25, -0.2) is 4.79 Å². The lowest BCUT2D eigenvalue weighted by molar-refractivity contribution is -0.198. The molecule has 8 aliphatic carbocycles. The molecule has 0 aliphatic heterocycles. The van der Waals surface area contributed by atoms with Gasteiger partial charge in [0, 0.05) is 6.08 Å². The van der Waals surface area contributed by atoms with Gasteiger partial charge in [0.2, 0.25) is 0 Å². The summed E-state index contributed by atoms with van der Waals surface area (Å²) in [4.78, 5) is 11.6. The van der Waals surface area contributed by atoms with Gasteiger partial charge in [-0.2, -0.15) is 0 Å². The molecule has 0 unspecified atom stereocenters. The summed E-state index contributed by atoms with van der Waals surface area (Å²) >= 11 is 0. The Bertz CT molecular complexity index is 1540. The molecule has 342 valence electrons. The van der Waals surface area contributed by atoms with E-state index in [1.165, 1.54) is 97.0 Å². The van der Waals surface area contributed by atoms with E-state index in [0.29, 0.717) is 87.3 Å². The van der Waals surface area contributed by atoms with Crippen LogP contribution < -0.4 is 0 Å². The van der Waals surface area contributed by atoms with Crippen molar-refractivity contribution in [2.75, 3.05) is 13.7 Å². The van der Waals surface area contributed by atoms with Gasteiger partial charge in [-0.15, -0.1) is 0 Å². The highest BCUT2D eigenvalue weighted by atomic mass is 16.5. The van der Waals surface area contributed by atoms with Gasteiger partial charge in [0.25, 0.3) is 0 Å². The number of aliphatic hydroxyl groups is 3. The third-order valence-corrected chi connectivity index (χ3v) is 22.1.